The van der Waals surface area contributed by atoms with Gasteiger partial charge in [-0.05, 0) is 31.7 Å². The maximum absolute atomic E-state index is 9.47. The van der Waals surface area contributed by atoms with E-state index >= 15 is 0 Å². The molecule has 2 fully saturated rings. The fourth-order valence-electron chi connectivity index (χ4n) is 5.48. The second-order valence-corrected chi connectivity index (χ2v) is 9.09. The summed E-state index contributed by atoms with van der Waals surface area (Å²) in [7, 11) is 0. The Morgan fingerprint density at radius 1 is 1.03 bits per heavy atom. The molecule has 7 nitrogen and oxygen atoms in total. The number of fused-ring (bicyclic) bond motifs is 3. The first-order valence-electron chi connectivity index (χ1n) is 11.5. The third kappa shape index (κ3) is 3.43. The van der Waals surface area contributed by atoms with E-state index in [0.29, 0.717) is 23.8 Å². The van der Waals surface area contributed by atoms with Crippen molar-refractivity contribution in [3.8, 4) is 28.5 Å². The molecule has 4 aromatic rings. The van der Waals surface area contributed by atoms with E-state index in [9.17, 15) is 5.26 Å². The number of nitriles is 1. The number of benzene rings is 1. The van der Waals surface area contributed by atoms with Gasteiger partial charge in [-0.2, -0.15) is 14.9 Å². The van der Waals surface area contributed by atoms with Gasteiger partial charge in [0.1, 0.15) is 5.82 Å². The molecule has 0 aliphatic carbocycles. The van der Waals surface area contributed by atoms with Crippen molar-refractivity contribution < 1.29 is 0 Å². The minimum atomic E-state index is 0.242. The number of rotatable bonds is 4. The summed E-state index contributed by atoms with van der Waals surface area (Å²) >= 11 is 0. The van der Waals surface area contributed by atoms with Crippen molar-refractivity contribution in [3.63, 3.8) is 0 Å². The van der Waals surface area contributed by atoms with Crippen molar-refractivity contribution in [2.75, 3.05) is 5.73 Å². The summed E-state index contributed by atoms with van der Waals surface area (Å²) in [5.41, 5.74) is 12.9. The Bertz CT molecular complexity index is 1340. The summed E-state index contributed by atoms with van der Waals surface area (Å²) < 4.78 is 1.67. The Labute approximate surface area is 192 Å². The Morgan fingerprint density at radius 3 is 2.52 bits per heavy atom. The molecule has 1 aromatic carbocycles. The average molecular weight is 436 g/mol. The highest BCUT2D eigenvalue weighted by atomic mass is 15.3. The number of aromatic nitrogens is 4. The molecule has 33 heavy (non-hydrogen) atoms. The minimum absolute atomic E-state index is 0.242. The van der Waals surface area contributed by atoms with Crippen LogP contribution in [0.4, 0.5) is 5.82 Å². The number of pyridine rings is 1. The summed E-state index contributed by atoms with van der Waals surface area (Å²) in [6.45, 7) is 0. The number of anilines is 1. The normalized spacial score (nSPS) is 21.8. The van der Waals surface area contributed by atoms with Gasteiger partial charge in [0.15, 0.2) is 5.65 Å². The molecule has 2 bridgehead atoms. The molecule has 2 atom stereocenters. The van der Waals surface area contributed by atoms with Gasteiger partial charge >= 0.3 is 0 Å². The minimum Gasteiger partial charge on any atom is -0.383 e. The standard InChI is InChI=1S/C26H25N7/c27-11-10-21-24(18-12-19-7-8-20(13-18)31-19)32-26-22(15-30-33(26)25(21)28)17-6-9-23(29-14-17)16-4-2-1-3-5-16/h1-6,9,14-15,18-20,31H,7-8,10,12-13,28H2. The zero-order valence-electron chi connectivity index (χ0n) is 18.3. The fraction of sp³-hybridized carbons (Fsp3) is 0.308. The lowest BCUT2D eigenvalue weighted by atomic mass is 9.86. The summed E-state index contributed by atoms with van der Waals surface area (Å²) in [5, 5.41) is 17.7. The number of nitrogen functional groups attached to an aromatic ring is 1. The van der Waals surface area contributed by atoms with Crippen molar-refractivity contribution in [3.05, 3.63) is 66.1 Å². The number of nitrogens with zero attached hydrogens (tertiary/aromatic N) is 5. The maximum atomic E-state index is 9.47. The van der Waals surface area contributed by atoms with Crippen LogP contribution >= 0.6 is 0 Å². The van der Waals surface area contributed by atoms with Gasteiger partial charge in [0, 0.05) is 46.5 Å². The van der Waals surface area contributed by atoms with Crippen LogP contribution in [0.5, 0.6) is 0 Å². The van der Waals surface area contributed by atoms with E-state index in [2.05, 4.69) is 39.7 Å². The first kappa shape index (κ1) is 19.9. The van der Waals surface area contributed by atoms with Crippen LogP contribution in [-0.4, -0.2) is 31.7 Å². The Hall–Kier alpha value is -3.76. The lowest BCUT2D eigenvalue weighted by Gasteiger charge is -2.30. The van der Waals surface area contributed by atoms with Crippen LogP contribution < -0.4 is 11.1 Å². The van der Waals surface area contributed by atoms with Gasteiger partial charge in [-0.1, -0.05) is 36.4 Å². The number of nitrogens with one attached hydrogen (secondary N) is 1. The molecule has 5 heterocycles. The first-order valence-corrected chi connectivity index (χ1v) is 11.5. The number of hydrogen-bond donors (Lipinski definition) is 2. The molecule has 2 aliphatic rings. The summed E-state index contributed by atoms with van der Waals surface area (Å²) in [6.07, 6.45) is 8.40. The highest BCUT2D eigenvalue weighted by Gasteiger charge is 2.36. The van der Waals surface area contributed by atoms with E-state index in [-0.39, 0.29) is 6.42 Å². The zero-order chi connectivity index (χ0) is 22.4. The number of nitrogens with two attached hydrogens (primary N) is 1. The number of hydrogen-bond acceptors (Lipinski definition) is 6. The summed E-state index contributed by atoms with van der Waals surface area (Å²) in [4.78, 5) is 9.78. The van der Waals surface area contributed by atoms with Gasteiger partial charge in [-0.15, -0.1) is 0 Å². The van der Waals surface area contributed by atoms with Crippen LogP contribution in [0.2, 0.25) is 0 Å². The van der Waals surface area contributed by atoms with Gasteiger partial charge in [0.2, 0.25) is 0 Å². The largest absolute Gasteiger partial charge is 0.383 e. The van der Waals surface area contributed by atoms with E-state index in [1.54, 1.807) is 10.7 Å². The molecule has 0 amide bonds. The van der Waals surface area contributed by atoms with Crippen molar-refractivity contribution in [2.24, 2.45) is 0 Å². The van der Waals surface area contributed by atoms with Gasteiger partial charge in [-0.25, -0.2) is 4.98 Å². The van der Waals surface area contributed by atoms with Crippen molar-refractivity contribution in [1.29, 1.82) is 5.26 Å². The molecular weight excluding hydrogens is 410 g/mol. The molecule has 2 unspecified atom stereocenters. The monoisotopic (exact) mass is 435 g/mol. The highest BCUT2D eigenvalue weighted by molar-refractivity contribution is 5.79. The lowest BCUT2D eigenvalue weighted by Crippen LogP contribution is -2.37. The van der Waals surface area contributed by atoms with Gasteiger partial charge in [0.05, 0.1) is 30.1 Å². The van der Waals surface area contributed by atoms with Crippen LogP contribution in [0, 0.1) is 11.3 Å². The van der Waals surface area contributed by atoms with E-state index < -0.39 is 0 Å². The Balaban J connectivity index is 1.44. The van der Waals surface area contributed by atoms with Crippen LogP contribution in [0.3, 0.4) is 0 Å². The zero-order valence-corrected chi connectivity index (χ0v) is 18.3. The fourth-order valence-corrected chi connectivity index (χ4v) is 5.48. The lowest BCUT2D eigenvalue weighted by molar-refractivity contribution is 0.358. The van der Waals surface area contributed by atoms with Crippen molar-refractivity contribution >= 4 is 11.5 Å². The molecule has 3 N–H and O–H groups in total. The second kappa shape index (κ2) is 7.98. The molecule has 2 aliphatic heterocycles. The van der Waals surface area contributed by atoms with Crippen LogP contribution in [-0.2, 0) is 6.42 Å². The van der Waals surface area contributed by atoms with E-state index in [1.807, 2.05) is 30.5 Å². The predicted octanol–water partition coefficient (Wildman–Crippen LogP) is 4.10. The molecule has 0 saturated carbocycles. The number of piperidine rings is 1. The van der Waals surface area contributed by atoms with Gasteiger partial charge in [-0.3, -0.25) is 4.98 Å². The average Bonchev–Trinajstić information content (AvgIpc) is 3.44. The Morgan fingerprint density at radius 2 is 1.82 bits per heavy atom. The molecule has 164 valence electrons. The van der Waals surface area contributed by atoms with Crippen molar-refractivity contribution in [1.82, 2.24) is 24.9 Å². The molecular formula is C26H25N7. The van der Waals surface area contributed by atoms with Crippen LogP contribution in [0.1, 0.15) is 42.9 Å². The van der Waals surface area contributed by atoms with Gasteiger partial charge < -0.3 is 11.1 Å². The van der Waals surface area contributed by atoms with Crippen LogP contribution in [0.25, 0.3) is 28.0 Å². The molecule has 7 heteroatoms. The van der Waals surface area contributed by atoms with Gasteiger partial charge in [0.25, 0.3) is 0 Å². The summed E-state index contributed by atoms with van der Waals surface area (Å²) in [6, 6.07) is 17.5. The molecule has 2 saturated heterocycles. The third-order valence-electron chi connectivity index (χ3n) is 7.08. The SMILES string of the molecule is N#CCc1c(C2CC3CCC(C2)N3)nc2c(-c3ccc(-c4ccccc4)nc3)cnn2c1N. The Kier molecular flexibility index (Phi) is 4.81. The van der Waals surface area contributed by atoms with E-state index in [0.717, 1.165) is 52.1 Å². The van der Waals surface area contributed by atoms with E-state index in [4.69, 9.17) is 10.7 Å². The summed E-state index contributed by atoms with van der Waals surface area (Å²) in [5.74, 6) is 0.822. The molecule has 6 rings (SSSR count). The molecule has 0 spiro atoms. The highest BCUT2D eigenvalue weighted by Crippen LogP contribution is 2.40. The first-order chi connectivity index (χ1) is 16.2. The topological polar surface area (TPSA) is 105 Å². The van der Waals surface area contributed by atoms with Crippen molar-refractivity contribution in [2.45, 2.75) is 50.1 Å². The quantitative estimate of drug-likeness (QED) is 0.500. The molecule has 0 radical (unpaired) electrons. The second-order valence-electron chi connectivity index (χ2n) is 9.09. The molecule has 3 aromatic heterocycles. The maximum Gasteiger partial charge on any atom is 0.165 e. The third-order valence-corrected chi connectivity index (χ3v) is 7.08. The van der Waals surface area contributed by atoms with Crippen LogP contribution in [0.15, 0.2) is 54.9 Å². The van der Waals surface area contributed by atoms with E-state index in [1.165, 1.54) is 12.8 Å². The predicted molar refractivity (Wildman–Crippen MR) is 127 cm³/mol. The smallest absolute Gasteiger partial charge is 0.165 e.